The molecule has 0 aliphatic carbocycles. The number of hydrogen-bond acceptors (Lipinski definition) is 4. The molecule has 1 atom stereocenters. The first-order valence-corrected chi connectivity index (χ1v) is 5.57. The number of nitrogens with zero attached hydrogens (tertiary/aromatic N) is 1. The Kier molecular flexibility index (Phi) is 4.51. The third-order valence-electron chi connectivity index (χ3n) is 2.03. The van der Waals surface area contributed by atoms with Gasteiger partial charge in [0.2, 0.25) is 0 Å². The first kappa shape index (κ1) is 13.5. The zero-order chi connectivity index (χ0) is 12.9. The lowest BCUT2D eigenvalue weighted by Crippen LogP contribution is -2.44. The average molecular weight is 240 g/mol. The van der Waals surface area contributed by atoms with Gasteiger partial charge in [0.15, 0.2) is 0 Å². The maximum absolute atomic E-state index is 11.5. The van der Waals surface area contributed by atoms with Crippen molar-refractivity contribution in [2.24, 2.45) is 5.73 Å². The lowest BCUT2D eigenvalue weighted by atomic mass is 10.1. The van der Waals surface area contributed by atoms with Crippen molar-refractivity contribution in [2.45, 2.75) is 38.8 Å². The summed E-state index contributed by atoms with van der Waals surface area (Å²) in [5, 5.41) is 2.73. The summed E-state index contributed by atoms with van der Waals surface area (Å²) in [5.41, 5.74) is 6.02. The van der Waals surface area contributed by atoms with Gasteiger partial charge in [-0.25, -0.2) is 9.78 Å². The molecule has 1 unspecified atom stereocenters. The highest BCUT2D eigenvalue weighted by Crippen LogP contribution is 2.07. The number of aromatic amines is 1. The molecule has 1 heterocycles. The van der Waals surface area contributed by atoms with Gasteiger partial charge in [-0.3, -0.25) is 0 Å². The smallest absolute Gasteiger partial charge is 0.407 e. The van der Waals surface area contributed by atoms with E-state index in [9.17, 15) is 4.79 Å². The largest absolute Gasteiger partial charge is 0.444 e. The van der Waals surface area contributed by atoms with Crippen LogP contribution < -0.4 is 11.1 Å². The molecular formula is C11H20N4O2. The molecule has 0 fully saturated rings. The summed E-state index contributed by atoms with van der Waals surface area (Å²) in [7, 11) is 0. The van der Waals surface area contributed by atoms with Crippen LogP contribution in [0.5, 0.6) is 0 Å². The van der Waals surface area contributed by atoms with Crippen molar-refractivity contribution in [3.63, 3.8) is 0 Å². The molecule has 0 saturated heterocycles. The second kappa shape index (κ2) is 5.67. The molecule has 1 aromatic heterocycles. The van der Waals surface area contributed by atoms with Crippen molar-refractivity contribution in [3.8, 4) is 0 Å². The van der Waals surface area contributed by atoms with Gasteiger partial charge in [-0.05, 0) is 20.8 Å². The number of nitrogens with two attached hydrogens (primary N) is 1. The molecule has 6 nitrogen and oxygen atoms in total. The standard InChI is InChI=1S/C11H20N4O2/c1-11(2,3)17-10(16)15-8(5-12)4-9-6-13-7-14-9/h6-8H,4-5,12H2,1-3H3,(H,13,14)(H,15,16). The maximum Gasteiger partial charge on any atom is 0.407 e. The lowest BCUT2D eigenvalue weighted by Gasteiger charge is -2.22. The SMILES string of the molecule is CC(C)(C)OC(=O)NC(CN)Cc1cnc[nH]1. The third-order valence-corrected chi connectivity index (χ3v) is 2.03. The molecule has 96 valence electrons. The maximum atomic E-state index is 11.5. The van der Waals surface area contributed by atoms with Gasteiger partial charge in [0.1, 0.15) is 5.60 Å². The van der Waals surface area contributed by atoms with Crippen LogP contribution >= 0.6 is 0 Å². The van der Waals surface area contributed by atoms with E-state index in [0.717, 1.165) is 5.69 Å². The molecule has 0 aliphatic rings. The second-order valence-electron chi connectivity index (χ2n) is 4.86. The van der Waals surface area contributed by atoms with Gasteiger partial charge < -0.3 is 20.8 Å². The predicted octanol–water partition coefficient (Wildman–Crippen LogP) is 0.804. The number of carbonyl (C=O) groups excluding carboxylic acids is 1. The van der Waals surface area contributed by atoms with Crippen LogP contribution in [0.1, 0.15) is 26.5 Å². The van der Waals surface area contributed by atoms with E-state index in [4.69, 9.17) is 10.5 Å². The lowest BCUT2D eigenvalue weighted by molar-refractivity contribution is 0.0506. The molecule has 4 N–H and O–H groups in total. The first-order chi connectivity index (χ1) is 7.90. The number of imidazole rings is 1. The molecule has 6 heteroatoms. The topological polar surface area (TPSA) is 93.0 Å². The van der Waals surface area contributed by atoms with Crippen LogP contribution in [0.3, 0.4) is 0 Å². The molecule has 1 amide bonds. The number of amides is 1. The summed E-state index contributed by atoms with van der Waals surface area (Å²) in [4.78, 5) is 18.4. The number of nitrogens with one attached hydrogen (secondary N) is 2. The third kappa shape index (κ3) is 5.35. The van der Waals surface area contributed by atoms with Crippen molar-refractivity contribution in [1.82, 2.24) is 15.3 Å². The van der Waals surface area contributed by atoms with Crippen LogP contribution in [0.2, 0.25) is 0 Å². The number of alkyl carbamates (subject to hydrolysis) is 1. The Morgan fingerprint density at radius 1 is 1.65 bits per heavy atom. The Bertz CT molecular complexity index is 343. The fourth-order valence-corrected chi connectivity index (χ4v) is 1.33. The van der Waals surface area contributed by atoms with Crippen molar-refractivity contribution in [3.05, 3.63) is 18.2 Å². The quantitative estimate of drug-likeness (QED) is 0.726. The molecular weight excluding hydrogens is 220 g/mol. The number of rotatable bonds is 4. The minimum absolute atomic E-state index is 0.162. The van der Waals surface area contributed by atoms with Crippen molar-refractivity contribution < 1.29 is 9.53 Å². The van der Waals surface area contributed by atoms with Gasteiger partial charge in [-0.15, -0.1) is 0 Å². The molecule has 0 aromatic carbocycles. The van der Waals surface area contributed by atoms with Gasteiger partial charge in [0, 0.05) is 30.9 Å². The zero-order valence-corrected chi connectivity index (χ0v) is 10.5. The zero-order valence-electron chi connectivity index (χ0n) is 10.5. The molecule has 1 rings (SSSR count). The van der Waals surface area contributed by atoms with E-state index >= 15 is 0 Å². The summed E-state index contributed by atoms with van der Waals surface area (Å²) < 4.78 is 5.16. The summed E-state index contributed by atoms with van der Waals surface area (Å²) in [5.74, 6) is 0. The van der Waals surface area contributed by atoms with E-state index < -0.39 is 11.7 Å². The monoisotopic (exact) mass is 240 g/mol. The number of aromatic nitrogens is 2. The summed E-state index contributed by atoms with van der Waals surface area (Å²) in [6.45, 7) is 5.80. The summed E-state index contributed by atoms with van der Waals surface area (Å²) >= 11 is 0. The summed E-state index contributed by atoms with van der Waals surface area (Å²) in [6.07, 6.45) is 3.46. The minimum Gasteiger partial charge on any atom is -0.444 e. The van der Waals surface area contributed by atoms with E-state index in [0.29, 0.717) is 13.0 Å². The fourth-order valence-electron chi connectivity index (χ4n) is 1.33. The van der Waals surface area contributed by atoms with Crippen molar-refractivity contribution >= 4 is 6.09 Å². The number of H-pyrrole nitrogens is 1. The van der Waals surface area contributed by atoms with E-state index in [1.54, 1.807) is 12.5 Å². The van der Waals surface area contributed by atoms with Gasteiger partial charge in [-0.2, -0.15) is 0 Å². The second-order valence-corrected chi connectivity index (χ2v) is 4.86. The number of carbonyl (C=O) groups is 1. The Morgan fingerprint density at radius 2 is 2.35 bits per heavy atom. The highest BCUT2D eigenvalue weighted by atomic mass is 16.6. The molecule has 0 spiro atoms. The van der Waals surface area contributed by atoms with Crippen LogP contribution in [0.4, 0.5) is 4.79 Å². The van der Waals surface area contributed by atoms with E-state index in [1.165, 1.54) is 0 Å². The Hall–Kier alpha value is -1.56. The molecule has 0 radical (unpaired) electrons. The highest BCUT2D eigenvalue weighted by Gasteiger charge is 2.19. The average Bonchev–Trinajstić information content (AvgIpc) is 2.66. The normalized spacial score (nSPS) is 13.2. The molecule has 0 bridgehead atoms. The number of hydrogen-bond donors (Lipinski definition) is 3. The Balaban J connectivity index is 2.44. The van der Waals surface area contributed by atoms with E-state index in [1.807, 2.05) is 20.8 Å². The molecule has 1 aromatic rings. The van der Waals surface area contributed by atoms with Gasteiger partial charge >= 0.3 is 6.09 Å². The van der Waals surface area contributed by atoms with Crippen LogP contribution in [0.15, 0.2) is 12.5 Å². The Labute approximate surface area is 101 Å². The molecule has 0 aliphatic heterocycles. The number of ether oxygens (including phenoxy) is 1. The van der Waals surface area contributed by atoms with Gasteiger partial charge in [0.05, 0.1) is 6.33 Å². The van der Waals surface area contributed by atoms with Crippen molar-refractivity contribution in [1.29, 1.82) is 0 Å². The fraction of sp³-hybridized carbons (Fsp3) is 0.636. The van der Waals surface area contributed by atoms with Crippen LogP contribution in [-0.4, -0.2) is 34.2 Å². The first-order valence-electron chi connectivity index (χ1n) is 5.57. The highest BCUT2D eigenvalue weighted by molar-refractivity contribution is 5.68. The van der Waals surface area contributed by atoms with Crippen LogP contribution in [0.25, 0.3) is 0 Å². The van der Waals surface area contributed by atoms with E-state index in [-0.39, 0.29) is 6.04 Å². The van der Waals surface area contributed by atoms with Gasteiger partial charge in [-0.1, -0.05) is 0 Å². The molecule has 17 heavy (non-hydrogen) atoms. The minimum atomic E-state index is -0.503. The van der Waals surface area contributed by atoms with Crippen LogP contribution in [-0.2, 0) is 11.2 Å². The predicted molar refractivity (Wildman–Crippen MR) is 64.5 cm³/mol. The van der Waals surface area contributed by atoms with Crippen molar-refractivity contribution in [2.75, 3.05) is 6.54 Å². The van der Waals surface area contributed by atoms with Crippen LogP contribution in [0, 0.1) is 0 Å². The Morgan fingerprint density at radius 3 is 2.82 bits per heavy atom. The summed E-state index contributed by atoms with van der Waals surface area (Å²) in [6, 6.07) is -0.162. The molecule has 0 saturated carbocycles. The van der Waals surface area contributed by atoms with Gasteiger partial charge in [0.25, 0.3) is 0 Å². The van der Waals surface area contributed by atoms with E-state index in [2.05, 4.69) is 15.3 Å².